The standard InChI is InChI=1S/C14H16N2O2/c1-9-4-13-14(18-8-17-13)5-11(9)12(6-15)10-2-3-16-7-10/h2-5,7,12,16H,6,8,15H2,1H3. The van der Waals surface area contributed by atoms with Gasteiger partial charge in [0.05, 0.1) is 0 Å². The van der Waals surface area contributed by atoms with Crippen LogP contribution in [0.25, 0.3) is 0 Å². The van der Waals surface area contributed by atoms with E-state index in [1.54, 1.807) is 0 Å². The Balaban J connectivity index is 2.05. The van der Waals surface area contributed by atoms with Crippen molar-refractivity contribution in [3.8, 4) is 11.5 Å². The van der Waals surface area contributed by atoms with E-state index in [-0.39, 0.29) is 5.92 Å². The minimum atomic E-state index is 0.186. The van der Waals surface area contributed by atoms with E-state index >= 15 is 0 Å². The highest BCUT2D eigenvalue weighted by Gasteiger charge is 2.21. The van der Waals surface area contributed by atoms with Crippen LogP contribution in [0.15, 0.2) is 30.6 Å². The van der Waals surface area contributed by atoms with Crippen molar-refractivity contribution in [1.82, 2.24) is 4.98 Å². The largest absolute Gasteiger partial charge is 0.454 e. The summed E-state index contributed by atoms with van der Waals surface area (Å²) in [4.78, 5) is 3.07. The molecule has 0 aliphatic carbocycles. The second kappa shape index (κ2) is 4.38. The van der Waals surface area contributed by atoms with Gasteiger partial charge < -0.3 is 20.2 Å². The first kappa shape index (κ1) is 11.2. The van der Waals surface area contributed by atoms with Crippen molar-refractivity contribution in [3.05, 3.63) is 47.3 Å². The molecule has 0 bridgehead atoms. The lowest BCUT2D eigenvalue weighted by Crippen LogP contribution is -2.14. The summed E-state index contributed by atoms with van der Waals surface area (Å²) < 4.78 is 10.8. The van der Waals surface area contributed by atoms with E-state index in [9.17, 15) is 0 Å². The summed E-state index contributed by atoms with van der Waals surface area (Å²) in [6.45, 7) is 2.95. The first-order valence-corrected chi connectivity index (χ1v) is 6.02. The SMILES string of the molecule is Cc1cc2c(cc1C(CN)c1cc[nH]c1)OCO2. The van der Waals surface area contributed by atoms with E-state index in [4.69, 9.17) is 15.2 Å². The predicted molar refractivity (Wildman–Crippen MR) is 69.0 cm³/mol. The summed E-state index contributed by atoms with van der Waals surface area (Å²) in [6, 6.07) is 6.12. The molecule has 0 saturated heterocycles. The number of ether oxygens (including phenoxy) is 2. The van der Waals surface area contributed by atoms with Gasteiger partial charge in [-0.05, 0) is 41.8 Å². The van der Waals surface area contributed by atoms with Gasteiger partial charge in [0, 0.05) is 24.9 Å². The maximum absolute atomic E-state index is 5.92. The normalized spacial score (nSPS) is 14.8. The van der Waals surface area contributed by atoms with Crippen LogP contribution in [0.3, 0.4) is 0 Å². The monoisotopic (exact) mass is 244 g/mol. The van der Waals surface area contributed by atoms with Crippen LogP contribution in [0.2, 0.25) is 0 Å². The molecule has 3 rings (SSSR count). The number of aromatic amines is 1. The van der Waals surface area contributed by atoms with Gasteiger partial charge in [0.15, 0.2) is 11.5 Å². The molecular formula is C14H16N2O2. The molecule has 0 fully saturated rings. The molecule has 2 heterocycles. The molecule has 1 aromatic carbocycles. The Morgan fingerprint density at radius 1 is 1.33 bits per heavy atom. The lowest BCUT2D eigenvalue weighted by molar-refractivity contribution is 0.174. The van der Waals surface area contributed by atoms with E-state index in [0.29, 0.717) is 13.3 Å². The van der Waals surface area contributed by atoms with Gasteiger partial charge in [-0.3, -0.25) is 0 Å². The van der Waals surface area contributed by atoms with Crippen LogP contribution in [0, 0.1) is 6.92 Å². The average molecular weight is 244 g/mol. The van der Waals surface area contributed by atoms with E-state index in [2.05, 4.69) is 18.0 Å². The molecule has 18 heavy (non-hydrogen) atoms. The third-order valence-electron chi connectivity index (χ3n) is 3.40. The molecule has 2 aromatic rings. The average Bonchev–Trinajstić information content (AvgIpc) is 3.01. The highest BCUT2D eigenvalue weighted by molar-refractivity contribution is 5.51. The fraction of sp³-hybridized carbons (Fsp3) is 0.286. The summed E-state index contributed by atoms with van der Waals surface area (Å²) >= 11 is 0. The maximum Gasteiger partial charge on any atom is 0.231 e. The van der Waals surface area contributed by atoms with Crippen LogP contribution in [-0.4, -0.2) is 18.3 Å². The zero-order valence-electron chi connectivity index (χ0n) is 10.3. The number of aromatic nitrogens is 1. The molecule has 3 N–H and O–H groups in total. The molecule has 4 heteroatoms. The van der Waals surface area contributed by atoms with Crippen LogP contribution < -0.4 is 15.2 Å². The Hall–Kier alpha value is -1.94. The van der Waals surface area contributed by atoms with E-state index in [1.807, 2.05) is 24.5 Å². The molecule has 1 aliphatic heterocycles. The summed E-state index contributed by atoms with van der Waals surface area (Å²) in [7, 11) is 0. The molecule has 0 amide bonds. The number of benzene rings is 1. The van der Waals surface area contributed by atoms with Gasteiger partial charge >= 0.3 is 0 Å². The van der Waals surface area contributed by atoms with Crippen molar-refractivity contribution in [2.45, 2.75) is 12.8 Å². The molecule has 4 nitrogen and oxygen atoms in total. The number of aryl methyl sites for hydroxylation is 1. The van der Waals surface area contributed by atoms with Crippen molar-refractivity contribution in [2.75, 3.05) is 13.3 Å². The molecule has 1 aliphatic rings. The molecule has 94 valence electrons. The van der Waals surface area contributed by atoms with Crippen LogP contribution in [0.4, 0.5) is 0 Å². The fourth-order valence-electron chi connectivity index (χ4n) is 2.43. The molecule has 1 aromatic heterocycles. The summed E-state index contributed by atoms with van der Waals surface area (Å²) in [5.74, 6) is 1.82. The number of nitrogens with two attached hydrogens (primary N) is 1. The van der Waals surface area contributed by atoms with E-state index in [1.165, 1.54) is 16.7 Å². The Labute approximate surface area is 106 Å². The number of hydrogen-bond donors (Lipinski definition) is 2. The zero-order chi connectivity index (χ0) is 12.5. The second-order valence-corrected chi connectivity index (χ2v) is 4.49. The van der Waals surface area contributed by atoms with Gasteiger partial charge in [-0.1, -0.05) is 0 Å². The summed E-state index contributed by atoms with van der Waals surface area (Å²) in [5, 5.41) is 0. The van der Waals surface area contributed by atoms with Gasteiger partial charge in [-0.25, -0.2) is 0 Å². The Bertz CT molecular complexity index is 549. The third kappa shape index (κ3) is 1.75. The molecule has 1 unspecified atom stereocenters. The number of rotatable bonds is 3. The molecule has 0 spiro atoms. The Morgan fingerprint density at radius 3 is 2.78 bits per heavy atom. The lowest BCUT2D eigenvalue weighted by Gasteiger charge is -2.17. The molecule has 0 saturated carbocycles. The summed E-state index contributed by atoms with van der Waals surface area (Å²) in [6.07, 6.45) is 3.90. The molecular weight excluding hydrogens is 228 g/mol. The zero-order valence-corrected chi connectivity index (χ0v) is 10.3. The topological polar surface area (TPSA) is 60.3 Å². The van der Waals surface area contributed by atoms with Crippen LogP contribution in [0.1, 0.15) is 22.6 Å². The van der Waals surface area contributed by atoms with Crippen molar-refractivity contribution in [1.29, 1.82) is 0 Å². The predicted octanol–water partition coefficient (Wildman–Crippen LogP) is 2.14. The number of H-pyrrole nitrogens is 1. The van der Waals surface area contributed by atoms with Gasteiger partial charge in [-0.2, -0.15) is 0 Å². The van der Waals surface area contributed by atoms with Gasteiger partial charge in [-0.15, -0.1) is 0 Å². The van der Waals surface area contributed by atoms with Crippen molar-refractivity contribution < 1.29 is 9.47 Å². The first-order valence-electron chi connectivity index (χ1n) is 6.02. The highest BCUT2D eigenvalue weighted by Crippen LogP contribution is 2.38. The Morgan fingerprint density at radius 2 is 2.11 bits per heavy atom. The number of fused-ring (bicyclic) bond motifs is 1. The van der Waals surface area contributed by atoms with Crippen LogP contribution in [0.5, 0.6) is 11.5 Å². The molecule has 1 atom stereocenters. The quantitative estimate of drug-likeness (QED) is 0.869. The number of hydrogen-bond acceptors (Lipinski definition) is 3. The van der Waals surface area contributed by atoms with Crippen LogP contribution in [-0.2, 0) is 0 Å². The maximum atomic E-state index is 5.92. The third-order valence-corrected chi connectivity index (χ3v) is 3.40. The number of nitrogens with one attached hydrogen (secondary N) is 1. The van der Waals surface area contributed by atoms with Crippen molar-refractivity contribution >= 4 is 0 Å². The fourth-order valence-corrected chi connectivity index (χ4v) is 2.43. The smallest absolute Gasteiger partial charge is 0.231 e. The van der Waals surface area contributed by atoms with E-state index < -0.39 is 0 Å². The van der Waals surface area contributed by atoms with Crippen molar-refractivity contribution in [2.24, 2.45) is 5.73 Å². The molecule has 0 radical (unpaired) electrons. The van der Waals surface area contributed by atoms with Gasteiger partial charge in [0.2, 0.25) is 6.79 Å². The Kier molecular flexibility index (Phi) is 2.72. The minimum Gasteiger partial charge on any atom is -0.454 e. The lowest BCUT2D eigenvalue weighted by atomic mass is 9.90. The minimum absolute atomic E-state index is 0.186. The van der Waals surface area contributed by atoms with Gasteiger partial charge in [0.1, 0.15) is 0 Å². The van der Waals surface area contributed by atoms with Crippen molar-refractivity contribution in [3.63, 3.8) is 0 Å². The van der Waals surface area contributed by atoms with Gasteiger partial charge in [0.25, 0.3) is 0 Å². The van der Waals surface area contributed by atoms with Crippen LogP contribution >= 0.6 is 0 Å². The first-order chi connectivity index (χ1) is 8.79. The highest BCUT2D eigenvalue weighted by atomic mass is 16.7. The second-order valence-electron chi connectivity index (χ2n) is 4.49. The van der Waals surface area contributed by atoms with E-state index in [0.717, 1.165) is 11.5 Å². The summed E-state index contributed by atoms with van der Waals surface area (Å²) in [5.41, 5.74) is 9.49.